The first-order chi connectivity index (χ1) is 8.67. The van der Waals surface area contributed by atoms with E-state index in [2.05, 4.69) is 16.8 Å². The van der Waals surface area contributed by atoms with Crippen molar-refractivity contribution in [3.8, 4) is 0 Å². The molecule has 18 heavy (non-hydrogen) atoms. The van der Waals surface area contributed by atoms with E-state index in [9.17, 15) is 4.39 Å². The van der Waals surface area contributed by atoms with Crippen LogP contribution in [-0.4, -0.2) is 35.2 Å². The minimum Gasteiger partial charge on any atom is -0.373 e. The zero-order valence-corrected chi connectivity index (χ0v) is 10.7. The number of pyridine rings is 1. The standard InChI is InChI=1S/C14H19FN2O/c1-11-6-14(18-9-11)3-5-17(10-14)8-12-2-4-16-7-13(12)15/h2,4,7,11H,3,5-6,8-10H2,1H3/t11-,14+/m0/s1. The minimum atomic E-state index is -0.209. The van der Waals surface area contributed by atoms with E-state index in [1.54, 1.807) is 12.3 Å². The molecule has 1 spiro atoms. The molecular weight excluding hydrogens is 231 g/mol. The van der Waals surface area contributed by atoms with Crippen molar-refractivity contribution in [1.82, 2.24) is 9.88 Å². The molecule has 1 aromatic heterocycles. The smallest absolute Gasteiger partial charge is 0.145 e. The normalized spacial score (nSPS) is 32.4. The highest BCUT2D eigenvalue weighted by Gasteiger charge is 2.44. The number of hydrogen-bond donors (Lipinski definition) is 0. The van der Waals surface area contributed by atoms with Crippen LogP contribution in [0.5, 0.6) is 0 Å². The molecule has 0 radical (unpaired) electrons. The molecule has 3 nitrogen and oxygen atoms in total. The van der Waals surface area contributed by atoms with E-state index in [-0.39, 0.29) is 11.4 Å². The molecule has 0 saturated carbocycles. The molecule has 0 N–H and O–H groups in total. The summed E-state index contributed by atoms with van der Waals surface area (Å²) < 4.78 is 19.5. The average molecular weight is 250 g/mol. The van der Waals surface area contributed by atoms with Crippen LogP contribution in [0.1, 0.15) is 25.3 Å². The Bertz CT molecular complexity index is 440. The van der Waals surface area contributed by atoms with Crippen LogP contribution in [0.15, 0.2) is 18.5 Å². The van der Waals surface area contributed by atoms with Crippen LogP contribution in [0.3, 0.4) is 0 Å². The van der Waals surface area contributed by atoms with Crippen LogP contribution in [-0.2, 0) is 11.3 Å². The average Bonchev–Trinajstić information content (AvgIpc) is 2.90. The van der Waals surface area contributed by atoms with Gasteiger partial charge in [0, 0.05) is 31.4 Å². The number of halogens is 1. The SMILES string of the molecule is C[C@@H]1CO[C@]2(CCN(Cc3ccncc3F)C2)C1. The molecule has 4 heteroatoms. The van der Waals surface area contributed by atoms with E-state index in [4.69, 9.17) is 4.74 Å². The third-order valence-corrected chi connectivity index (χ3v) is 4.04. The van der Waals surface area contributed by atoms with Gasteiger partial charge in [-0.2, -0.15) is 0 Å². The van der Waals surface area contributed by atoms with Crippen molar-refractivity contribution in [2.24, 2.45) is 5.92 Å². The number of rotatable bonds is 2. The molecule has 2 aliphatic heterocycles. The molecule has 0 aromatic carbocycles. The lowest BCUT2D eigenvalue weighted by atomic mass is 9.94. The summed E-state index contributed by atoms with van der Waals surface area (Å²) in [5.74, 6) is 0.446. The Morgan fingerprint density at radius 1 is 1.61 bits per heavy atom. The summed E-state index contributed by atoms with van der Waals surface area (Å²) in [6.07, 6.45) is 5.15. The van der Waals surface area contributed by atoms with Crippen LogP contribution < -0.4 is 0 Å². The van der Waals surface area contributed by atoms with E-state index in [1.165, 1.54) is 6.20 Å². The molecule has 3 rings (SSSR count). The second-order valence-electron chi connectivity index (χ2n) is 5.73. The highest BCUT2D eigenvalue weighted by Crippen LogP contribution is 2.38. The molecule has 2 fully saturated rings. The summed E-state index contributed by atoms with van der Waals surface area (Å²) in [7, 11) is 0. The van der Waals surface area contributed by atoms with Gasteiger partial charge in [-0.05, 0) is 24.8 Å². The van der Waals surface area contributed by atoms with Gasteiger partial charge in [-0.15, -0.1) is 0 Å². The van der Waals surface area contributed by atoms with Gasteiger partial charge in [0.1, 0.15) is 5.82 Å². The molecule has 0 amide bonds. The fourth-order valence-corrected chi connectivity index (χ4v) is 3.19. The van der Waals surface area contributed by atoms with Crippen molar-refractivity contribution < 1.29 is 9.13 Å². The maximum Gasteiger partial charge on any atom is 0.145 e. The van der Waals surface area contributed by atoms with Gasteiger partial charge in [0.25, 0.3) is 0 Å². The first kappa shape index (κ1) is 12.1. The van der Waals surface area contributed by atoms with Gasteiger partial charge in [0.05, 0.1) is 18.4 Å². The lowest BCUT2D eigenvalue weighted by Crippen LogP contribution is -2.32. The Hall–Kier alpha value is -1.00. The summed E-state index contributed by atoms with van der Waals surface area (Å²) in [6.45, 7) is 5.69. The van der Waals surface area contributed by atoms with Crippen molar-refractivity contribution in [2.75, 3.05) is 19.7 Å². The first-order valence-corrected chi connectivity index (χ1v) is 6.62. The Balaban J connectivity index is 1.65. The molecule has 0 unspecified atom stereocenters. The highest BCUT2D eigenvalue weighted by atomic mass is 19.1. The lowest BCUT2D eigenvalue weighted by molar-refractivity contribution is 0.0112. The third-order valence-electron chi connectivity index (χ3n) is 4.04. The second-order valence-corrected chi connectivity index (χ2v) is 5.73. The zero-order chi connectivity index (χ0) is 12.6. The fourth-order valence-electron chi connectivity index (χ4n) is 3.19. The molecular formula is C14H19FN2O. The van der Waals surface area contributed by atoms with E-state index in [1.807, 2.05) is 0 Å². The lowest BCUT2D eigenvalue weighted by Gasteiger charge is -2.23. The second kappa shape index (κ2) is 4.59. The number of ether oxygens (including phenoxy) is 1. The zero-order valence-electron chi connectivity index (χ0n) is 10.7. The topological polar surface area (TPSA) is 25.4 Å². The van der Waals surface area contributed by atoms with Crippen molar-refractivity contribution >= 4 is 0 Å². The summed E-state index contributed by atoms with van der Waals surface area (Å²) in [5, 5.41) is 0. The molecule has 1 aromatic rings. The van der Waals surface area contributed by atoms with Gasteiger partial charge in [0.15, 0.2) is 0 Å². The van der Waals surface area contributed by atoms with Gasteiger partial charge < -0.3 is 4.74 Å². The molecule has 2 aliphatic rings. The Morgan fingerprint density at radius 2 is 2.50 bits per heavy atom. The van der Waals surface area contributed by atoms with Crippen LogP contribution in [0.4, 0.5) is 4.39 Å². The van der Waals surface area contributed by atoms with Crippen molar-refractivity contribution in [2.45, 2.75) is 31.9 Å². The summed E-state index contributed by atoms with van der Waals surface area (Å²) in [5.41, 5.74) is 0.774. The van der Waals surface area contributed by atoms with Gasteiger partial charge in [-0.25, -0.2) is 4.39 Å². The quantitative estimate of drug-likeness (QED) is 0.804. The van der Waals surface area contributed by atoms with Crippen molar-refractivity contribution in [3.05, 3.63) is 29.8 Å². The van der Waals surface area contributed by atoms with Gasteiger partial charge in [0.2, 0.25) is 0 Å². The minimum absolute atomic E-state index is 0.0446. The first-order valence-electron chi connectivity index (χ1n) is 6.62. The molecule has 3 heterocycles. The van der Waals surface area contributed by atoms with Crippen LogP contribution in [0.2, 0.25) is 0 Å². The largest absolute Gasteiger partial charge is 0.373 e. The van der Waals surface area contributed by atoms with Crippen molar-refractivity contribution in [1.29, 1.82) is 0 Å². The number of likely N-dealkylation sites (tertiary alicyclic amines) is 1. The van der Waals surface area contributed by atoms with Gasteiger partial charge in [-0.1, -0.05) is 6.92 Å². The molecule has 2 atom stereocenters. The molecule has 0 bridgehead atoms. The summed E-state index contributed by atoms with van der Waals surface area (Å²) in [4.78, 5) is 6.07. The predicted octanol–water partition coefficient (Wildman–Crippen LogP) is 2.22. The van der Waals surface area contributed by atoms with Crippen molar-refractivity contribution in [3.63, 3.8) is 0 Å². The molecule has 2 saturated heterocycles. The number of hydrogen-bond acceptors (Lipinski definition) is 3. The number of nitrogens with zero attached hydrogens (tertiary/aromatic N) is 2. The monoisotopic (exact) mass is 250 g/mol. The predicted molar refractivity (Wildman–Crippen MR) is 66.6 cm³/mol. The molecule has 0 aliphatic carbocycles. The van der Waals surface area contributed by atoms with Gasteiger partial charge in [-0.3, -0.25) is 9.88 Å². The Labute approximate surface area is 107 Å². The van der Waals surface area contributed by atoms with E-state index < -0.39 is 0 Å². The van der Waals surface area contributed by atoms with E-state index in [0.717, 1.165) is 38.1 Å². The maximum absolute atomic E-state index is 13.6. The van der Waals surface area contributed by atoms with E-state index >= 15 is 0 Å². The maximum atomic E-state index is 13.6. The summed E-state index contributed by atoms with van der Waals surface area (Å²) >= 11 is 0. The fraction of sp³-hybridized carbons (Fsp3) is 0.643. The summed E-state index contributed by atoms with van der Waals surface area (Å²) in [6, 6.07) is 1.76. The van der Waals surface area contributed by atoms with Crippen LogP contribution >= 0.6 is 0 Å². The van der Waals surface area contributed by atoms with Crippen LogP contribution in [0, 0.1) is 11.7 Å². The van der Waals surface area contributed by atoms with Gasteiger partial charge >= 0.3 is 0 Å². The Morgan fingerprint density at radius 3 is 3.22 bits per heavy atom. The number of aromatic nitrogens is 1. The highest BCUT2D eigenvalue weighted by molar-refractivity contribution is 5.13. The molecule has 98 valence electrons. The third kappa shape index (κ3) is 2.27. The van der Waals surface area contributed by atoms with E-state index in [0.29, 0.717) is 12.5 Å². The van der Waals surface area contributed by atoms with Crippen LogP contribution in [0.25, 0.3) is 0 Å². The Kier molecular flexibility index (Phi) is 3.08.